The van der Waals surface area contributed by atoms with E-state index in [9.17, 15) is 4.79 Å². The molecule has 2 atom stereocenters. The van der Waals surface area contributed by atoms with Gasteiger partial charge in [-0.2, -0.15) is 0 Å². The van der Waals surface area contributed by atoms with Crippen molar-refractivity contribution in [3.8, 4) is 0 Å². The lowest BCUT2D eigenvalue weighted by molar-refractivity contribution is -0.116. The maximum absolute atomic E-state index is 12.0. The van der Waals surface area contributed by atoms with Crippen molar-refractivity contribution in [1.82, 2.24) is 9.97 Å². The summed E-state index contributed by atoms with van der Waals surface area (Å²) >= 11 is 1.57. The number of carbonyl (C=O) groups is 1. The Labute approximate surface area is 145 Å². The molecule has 1 fully saturated rings. The van der Waals surface area contributed by atoms with E-state index in [-0.39, 0.29) is 18.1 Å². The number of nitrogens with one attached hydrogen (secondary N) is 1. The topological polar surface area (TPSA) is 67.4 Å². The first-order valence-corrected chi connectivity index (χ1v) is 9.03. The van der Waals surface area contributed by atoms with E-state index < -0.39 is 0 Å². The van der Waals surface area contributed by atoms with Crippen LogP contribution in [0.1, 0.15) is 25.3 Å². The van der Waals surface area contributed by atoms with Gasteiger partial charge in [0.1, 0.15) is 5.82 Å². The van der Waals surface area contributed by atoms with Crippen molar-refractivity contribution < 1.29 is 9.53 Å². The summed E-state index contributed by atoms with van der Waals surface area (Å²) in [4.78, 5) is 22.9. The number of anilines is 2. The number of morpholine rings is 1. The second kappa shape index (κ2) is 7.72. The van der Waals surface area contributed by atoms with Crippen LogP contribution in [0.25, 0.3) is 0 Å². The number of hydrogen-bond donors (Lipinski definition) is 1. The Bertz CT molecular complexity index is 650. The zero-order chi connectivity index (χ0) is 16.9. The van der Waals surface area contributed by atoms with E-state index in [1.165, 1.54) is 0 Å². The van der Waals surface area contributed by atoms with Gasteiger partial charge in [-0.05, 0) is 26.0 Å². The molecule has 0 aromatic carbocycles. The van der Waals surface area contributed by atoms with E-state index in [1.807, 2.05) is 17.5 Å². The molecule has 1 aliphatic rings. The summed E-state index contributed by atoms with van der Waals surface area (Å²) in [5.74, 6) is 0.895. The predicted molar refractivity (Wildman–Crippen MR) is 95.5 cm³/mol. The summed E-state index contributed by atoms with van der Waals surface area (Å²) in [6.07, 6.45) is 4.95. The average Bonchev–Trinajstić information content (AvgIpc) is 3.06. The Kier molecular flexibility index (Phi) is 5.42. The van der Waals surface area contributed by atoms with Crippen LogP contribution >= 0.6 is 11.3 Å². The van der Waals surface area contributed by atoms with Crippen LogP contribution in [0, 0.1) is 0 Å². The molecule has 7 heteroatoms. The minimum atomic E-state index is -0.0200. The lowest BCUT2D eigenvalue weighted by Crippen LogP contribution is -2.45. The number of thiazole rings is 1. The molecule has 0 spiro atoms. The van der Waals surface area contributed by atoms with Crippen molar-refractivity contribution in [2.45, 2.75) is 38.9 Å². The molecule has 128 valence electrons. The van der Waals surface area contributed by atoms with E-state index in [1.54, 1.807) is 23.7 Å². The lowest BCUT2D eigenvalue weighted by Gasteiger charge is -2.36. The molecule has 0 saturated carbocycles. The fraction of sp³-hybridized carbons (Fsp3) is 0.471. The van der Waals surface area contributed by atoms with E-state index in [4.69, 9.17) is 4.74 Å². The van der Waals surface area contributed by atoms with Crippen molar-refractivity contribution in [2.24, 2.45) is 0 Å². The van der Waals surface area contributed by atoms with Gasteiger partial charge in [-0.3, -0.25) is 4.79 Å². The summed E-state index contributed by atoms with van der Waals surface area (Å²) in [6.45, 7) is 5.80. The second-order valence-corrected chi connectivity index (χ2v) is 7.02. The third kappa shape index (κ3) is 4.52. The van der Waals surface area contributed by atoms with Crippen LogP contribution in [0.2, 0.25) is 0 Å². The number of hydrogen-bond acceptors (Lipinski definition) is 6. The summed E-state index contributed by atoms with van der Waals surface area (Å²) in [5.41, 5.74) is 0.720. The Morgan fingerprint density at radius 3 is 2.75 bits per heavy atom. The Balaban J connectivity index is 1.53. The molecule has 2 aromatic rings. The third-order valence-corrected chi connectivity index (χ3v) is 4.66. The van der Waals surface area contributed by atoms with Gasteiger partial charge in [-0.25, -0.2) is 9.97 Å². The molecule has 3 rings (SSSR count). The smallest absolute Gasteiger partial charge is 0.224 e. The van der Waals surface area contributed by atoms with Crippen molar-refractivity contribution in [3.63, 3.8) is 0 Å². The minimum Gasteiger partial charge on any atom is -0.372 e. The first kappa shape index (κ1) is 16.9. The summed E-state index contributed by atoms with van der Waals surface area (Å²) in [6, 6.07) is 3.84. The highest BCUT2D eigenvalue weighted by Gasteiger charge is 2.23. The lowest BCUT2D eigenvalue weighted by atomic mass is 10.2. The van der Waals surface area contributed by atoms with Gasteiger partial charge < -0.3 is 15.0 Å². The van der Waals surface area contributed by atoms with Crippen molar-refractivity contribution in [3.05, 3.63) is 34.9 Å². The number of ether oxygens (including phenoxy) is 1. The largest absolute Gasteiger partial charge is 0.372 e. The third-order valence-electron chi connectivity index (χ3n) is 3.82. The van der Waals surface area contributed by atoms with Gasteiger partial charge in [0.2, 0.25) is 5.91 Å². The Morgan fingerprint density at radius 2 is 2.12 bits per heavy atom. The highest BCUT2D eigenvalue weighted by molar-refractivity contribution is 7.09. The van der Waals surface area contributed by atoms with Crippen molar-refractivity contribution in [2.75, 3.05) is 23.3 Å². The van der Waals surface area contributed by atoms with Gasteiger partial charge in [-0.1, -0.05) is 0 Å². The second-order valence-electron chi connectivity index (χ2n) is 6.04. The van der Waals surface area contributed by atoms with Gasteiger partial charge in [0.05, 0.1) is 29.1 Å². The van der Waals surface area contributed by atoms with Crippen molar-refractivity contribution >= 4 is 28.7 Å². The van der Waals surface area contributed by atoms with Gasteiger partial charge in [-0.15, -0.1) is 11.3 Å². The molecular weight excluding hydrogens is 324 g/mol. The number of pyridine rings is 1. The molecule has 3 heterocycles. The number of nitrogens with zero attached hydrogens (tertiary/aromatic N) is 3. The number of amides is 1. The van der Waals surface area contributed by atoms with E-state index in [2.05, 4.69) is 34.0 Å². The Hall–Kier alpha value is -1.99. The predicted octanol–water partition coefficient (Wildman–Crippen LogP) is 2.72. The summed E-state index contributed by atoms with van der Waals surface area (Å²) in [5, 5.41) is 5.78. The number of carbonyl (C=O) groups excluding carboxylic acids is 1. The Morgan fingerprint density at radius 1 is 1.33 bits per heavy atom. The zero-order valence-corrected chi connectivity index (χ0v) is 14.8. The molecule has 0 bridgehead atoms. The minimum absolute atomic E-state index is 0.0200. The molecule has 0 radical (unpaired) electrons. The molecule has 1 amide bonds. The highest BCUT2D eigenvalue weighted by atomic mass is 32.1. The molecule has 2 aromatic heterocycles. The SMILES string of the molecule is C[C@@H]1CN(c2ccc(NC(=O)CCc3nccs3)cn2)C[C@H](C)O1. The van der Waals surface area contributed by atoms with Crippen LogP contribution in [-0.4, -0.2) is 41.2 Å². The monoisotopic (exact) mass is 346 g/mol. The van der Waals surface area contributed by atoms with Gasteiger partial charge >= 0.3 is 0 Å². The van der Waals surface area contributed by atoms with Gasteiger partial charge in [0.25, 0.3) is 0 Å². The first-order valence-electron chi connectivity index (χ1n) is 8.15. The van der Waals surface area contributed by atoms with E-state index in [0.717, 1.165) is 29.6 Å². The molecule has 0 aliphatic carbocycles. The van der Waals surface area contributed by atoms with Crippen LogP contribution in [0.5, 0.6) is 0 Å². The molecule has 0 unspecified atom stereocenters. The quantitative estimate of drug-likeness (QED) is 0.902. The summed E-state index contributed by atoms with van der Waals surface area (Å²) < 4.78 is 5.74. The standard InChI is InChI=1S/C17H22N4O2S/c1-12-10-21(11-13(2)23-12)15-4-3-14(9-19-15)20-16(22)5-6-17-18-7-8-24-17/h3-4,7-9,12-13H,5-6,10-11H2,1-2H3,(H,20,22)/t12-,13+. The fourth-order valence-electron chi connectivity index (χ4n) is 2.83. The van der Waals surface area contributed by atoms with Crippen LogP contribution in [0.15, 0.2) is 29.9 Å². The fourth-order valence-corrected chi connectivity index (χ4v) is 3.45. The van der Waals surface area contributed by atoms with E-state index in [0.29, 0.717) is 12.8 Å². The number of rotatable bonds is 5. The van der Waals surface area contributed by atoms with Gasteiger partial charge in [0.15, 0.2) is 0 Å². The zero-order valence-electron chi connectivity index (χ0n) is 13.9. The molecule has 6 nitrogen and oxygen atoms in total. The van der Waals surface area contributed by atoms with E-state index >= 15 is 0 Å². The number of aromatic nitrogens is 2. The highest BCUT2D eigenvalue weighted by Crippen LogP contribution is 2.19. The van der Waals surface area contributed by atoms with Crippen LogP contribution < -0.4 is 10.2 Å². The van der Waals surface area contributed by atoms with Crippen LogP contribution in [-0.2, 0) is 16.0 Å². The average molecular weight is 346 g/mol. The summed E-state index contributed by atoms with van der Waals surface area (Å²) in [7, 11) is 0. The van der Waals surface area contributed by atoms with Crippen LogP contribution in [0.4, 0.5) is 11.5 Å². The molecule has 24 heavy (non-hydrogen) atoms. The molecule has 1 aliphatic heterocycles. The molecular formula is C17H22N4O2S. The van der Waals surface area contributed by atoms with Crippen LogP contribution in [0.3, 0.4) is 0 Å². The maximum atomic E-state index is 12.0. The van der Waals surface area contributed by atoms with Crippen molar-refractivity contribution in [1.29, 1.82) is 0 Å². The number of aryl methyl sites for hydroxylation is 1. The maximum Gasteiger partial charge on any atom is 0.224 e. The van der Waals surface area contributed by atoms with Gasteiger partial charge in [0, 0.05) is 37.5 Å². The molecule has 1 saturated heterocycles. The first-order chi connectivity index (χ1) is 11.6. The normalized spacial score (nSPS) is 20.8. The molecule has 1 N–H and O–H groups in total.